The molecule has 2 heterocycles. The predicted molar refractivity (Wildman–Crippen MR) is 72.0 cm³/mol. The third-order valence-electron chi connectivity index (χ3n) is 3.04. The number of rotatable bonds is 2. The molecule has 5 nitrogen and oxygen atoms in total. The maximum Gasteiger partial charge on any atom is 0.195 e. The highest BCUT2D eigenvalue weighted by Crippen LogP contribution is 2.22. The van der Waals surface area contributed by atoms with Crippen LogP contribution in [0.1, 0.15) is 21.6 Å². The first kappa shape index (κ1) is 11.4. The van der Waals surface area contributed by atoms with Crippen LogP contribution in [0.25, 0.3) is 5.52 Å². The van der Waals surface area contributed by atoms with E-state index in [1.807, 2.05) is 25.1 Å². The van der Waals surface area contributed by atoms with Gasteiger partial charge in [0.05, 0.1) is 5.56 Å². The van der Waals surface area contributed by atoms with Crippen LogP contribution in [-0.4, -0.2) is 20.4 Å². The lowest BCUT2D eigenvalue weighted by molar-refractivity contribution is 0.104. The average molecular weight is 252 g/mol. The van der Waals surface area contributed by atoms with Crippen molar-refractivity contribution in [3.8, 4) is 0 Å². The third kappa shape index (κ3) is 1.76. The molecule has 3 rings (SSSR count). The normalized spacial score (nSPS) is 10.8. The minimum atomic E-state index is -0.0762. The lowest BCUT2D eigenvalue weighted by Gasteiger charge is -2.02. The summed E-state index contributed by atoms with van der Waals surface area (Å²) in [7, 11) is 0. The highest BCUT2D eigenvalue weighted by atomic mass is 16.1. The summed E-state index contributed by atoms with van der Waals surface area (Å²) >= 11 is 0. The molecule has 0 spiro atoms. The molecule has 0 amide bonds. The lowest BCUT2D eigenvalue weighted by atomic mass is 10.0. The number of hydrogen-bond acceptors (Lipinski definition) is 4. The van der Waals surface area contributed by atoms with Gasteiger partial charge in [0.15, 0.2) is 11.6 Å². The van der Waals surface area contributed by atoms with Crippen molar-refractivity contribution in [1.29, 1.82) is 0 Å². The van der Waals surface area contributed by atoms with Gasteiger partial charge in [0.2, 0.25) is 0 Å². The third-order valence-corrected chi connectivity index (χ3v) is 3.04. The van der Waals surface area contributed by atoms with Crippen molar-refractivity contribution in [2.45, 2.75) is 6.92 Å². The largest absolute Gasteiger partial charge is 0.382 e. The lowest BCUT2D eigenvalue weighted by Crippen LogP contribution is -2.05. The molecule has 0 radical (unpaired) electrons. The number of aryl methyl sites for hydroxylation is 1. The van der Waals surface area contributed by atoms with Gasteiger partial charge in [-0.3, -0.25) is 4.79 Å². The van der Waals surface area contributed by atoms with Gasteiger partial charge in [-0.25, -0.2) is 9.50 Å². The van der Waals surface area contributed by atoms with Crippen LogP contribution in [0.5, 0.6) is 0 Å². The Morgan fingerprint density at radius 3 is 2.74 bits per heavy atom. The molecule has 1 aromatic carbocycles. The number of anilines is 1. The quantitative estimate of drug-likeness (QED) is 0.706. The van der Waals surface area contributed by atoms with E-state index in [-0.39, 0.29) is 5.78 Å². The van der Waals surface area contributed by atoms with E-state index >= 15 is 0 Å². The Balaban J connectivity index is 2.24. The summed E-state index contributed by atoms with van der Waals surface area (Å²) < 4.78 is 1.64. The summed E-state index contributed by atoms with van der Waals surface area (Å²) in [5.41, 5.74) is 8.43. The summed E-state index contributed by atoms with van der Waals surface area (Å²) in [6.07, 6.45) is 1.38. The molecule has 0 bridgehead atoms. The van der Waals surface area contributed by atoms with Crippen LogP contribution in [0, 0.1) is 6.92 Å². The van der Waals surface area contributed by atoms with E-state index in [9.17, 15) is 4.79 Å². The number of carbonyl (C=O) groups is 1. The molecule has 94 valence electrons. The summed E-state index contributed by atoms with van der Waals surface area (Å²) in [6, 6.07) is 10.9. The number of nitrogens with two attached hydrogens (primary N) is 1. The van der Waals surface area contributed by atoms with Crippen LogP contribution in [0.2, 0.25) is 0 Å². The highest BCUT2D eigenvalue weighted by molar-refractivity contribution is 6.14. The van der Waals surface area contributed by atoms with Crippen molar-refractivity contribution in [3.05, 3.63) is 59.5 Å². The second-order valence-electron chi connectivity index (χ2n) is 4.30. The molecule has 0 saturated carbocycles. The van der Waals surface area contributed by atoms with Crippen LogP contribution >= 0.6 is 0 Å². The Labute approximate surface area is 109 Å². The molecular formula is C14H12N4O. The monoisotopic (exact) mass is 252 g/mol. The molecule has 19 heavy (non-hydrogen) atoms. The molecule has 0 unspecified atom stereocenters. The zero-order valence-electron chi connectivity index (χ0n) is 10.4. The molecule has 2 N–H and O–H groups in total. The number of ketones is 1. The number of nitrogen functional groups attached to an aromatic ring is 1. The predicted octanol–water partition coefficient (Wildman–Crippen LogP) is 1.85. The SMILES string of the molecule is Cc1cc(C(=O)c2ccccc2)c2c(N)ncnn12. The number of benzene rings is 1. The zero-order chi connectivity index (χ0) is 13.4. The summed E-state index contributed by atoms with van der Waals surface area (Å²) in [4.78, 5) is 16.5. The van der Waals surface area contributed by atoms with Crippen molar-refractivity contribution in [3.63, 3.8) is 0 Å². The van der Waals surface area contributed by atoms with E-state index in [1.54, 1.807) is 22.7 Å². The van der Waals surface area contributed by atoms with E-state index in [0.29, 0.717) is 22.5 Å². The van der Waals surface area contributed by atoms with Gasteiger partial charge >= 0.3 is 0 Å². The Bertz CT molecular complexity index is 762. The highest BCUT2D eigenvalue weighted by Gasteiger charge is 2.18. The Kier molecular flexibility index (Phi) is 2.52. The summed E-state index contributed by atoms with van der Waals surface area (Å²) in [5.74, 6) is 0.232. The Hall–Kier alpha value is -2.69. The summed E-state index contributed by atoms with van der Waals surface area (Å²) in [5, 5.41) is 4.11. The van der Waals surface area contributed by atoms with E-state index in [0.717, 1.165) is 5.69 Å². The molecule has 0 aliphatic rings. The van der Waals surface area contributed by atoms with Crippen molar-refractivity contribution in [1.82, 2.24) is 14.6 Å². The molecule has 0 atom stereocenters. The fourth-order valence-electron chi connectivity index (χ4n) is 2.14. The van der Waals surface area contributed by atoms with Gasteiger partial charge in [-0.15, -0.1) is 0 Å². The van der Waals surface area contributed by atoms with Gasteiger partial charge in [0.1, 0.15) is 11.8 Å². The Morgan fingerprint density at radius 1 is 1.26 bits per heavy atom. The number of hydrogen-bond donors (Lipinski definition) is 1. The van der Waals surface area contributed by atoms with Gasteiger partial charge < -0.3 is 5.73 Å². The minimum absolute atomic E-state index is 0.0762. The smallest absolute Gasteiger partial charge is 0.195 e. The average Bonchev–Trinajstić information content (AvgIpc) is 2.78. The number of carbonyl (C=O) groups excluding carboxylic acids is 1. The minimum Gasteiger partial charge on any atom is -0.382 e. The van der Waals surface area contributed by atoms with E-state index in [2.05, 4.69) is 10.1 Å². The Morgan fingerprint density at radius 2 is 2.00 bits per heavy atom. The van der Waals surface area contributed by atoms with E-state index in [4.69, 9.17) is 5.73 Å². The van der Waals surface area contributed by atoms with Crippen LogP contribution in [0.3, 0.4) is 0 Å². The molecule has 0 aliphatic heterocycles. The van der Waals surface area contributed by atoms with Crippen LogP contribution in [0.15, 0.2) is 42.7 Å². The standard InChI is InChI=1S/C14H12N4O/c1-9-7-11(12-14(15)16-8-17-18(9)12)13(19)10-5-3-2-4-6-10/h2-8H,1H3,(H2,15,16,17). The van der Waals surface area contributed by atoms with E-state index in [1.165, 1.54) is 6.33 Å². The number of aromatic nitrogens is 3. The molecular weight excluding hydrogens is 240 g/mol. The van der Waals surface area contributed by atoms with Gasteiger partial charge in [-0.2, -0.15) is 5.10 Å². The maximum atomic E-state index is 12.5. The van der Waals surface area contributed by atoms with Crippen molar-refractivity contribution < 1.29 is 4.79 Å². The van der Waals surface area contributed by atoms with Crippen LogP contribution in [-0.2, 0) is 0 Å². The van der Waals surface area contributed by atoms with Gasteiger partial charge in [-0.1, -0.05) is 30.3 Å². The number of nitrogens with zero attached hydrogens (tertiary/aromatic N) is 3. The van der Waals surface area contributed by atoms with Crippen LogP contribution in [0.4, 0.5) is 5.82 Å². The van der Waals surface area contributed by atoms with Crippen LogP contribution < -0.4 is 5.73 Å². The second kappa shape index (κ2) is 4.20. The first-order valence-electron chi connectivity index (χ1n) is 5.87. The fourth-order valence-corrected chi connectivity index (χ4v) is 2.14. The van der Waals surface area contributed by atoms with Crippen molar-refractivity contribution in [2.75, 3.05) is 5.73 Å². The van der Waals surface area contributed by atoms with E-state index < -0.39 is 0 Å². The maximum absolute atomic E-state index is 12.5. The molecule has 0 fully saturated rings. The van der Waals surface area contributed by atoms with Gasteiger partial charge in [0.25, 0.3) is 0 Å². The fraction of sp³-hybridized carbons (Fsp3) is 0.0714. The number of fused-ring (bicyclic) bond motifs is 1. The molecule has 0 saturated heterocycles. The summed E-state index contributed by atoms with van der Waals surface area (Å²) in [6.45, 7) is 1.88. The second-order valence-corrected chi connectivity index (χ2v) is 4.30. The molecule has 5 heteroatoms. The van der Waals surface area contributed by atoms with Crippen molar-refractivity contribution in [2.24, 2.45) is 0 Å². The molecule has 0 aliphatic carbocycles. The van der Waals surface area contributed by atoms with Crippen molar-refractivity contribution >= 4 is 17.1 Å². The van der Waals surface area contributed by atoms with Gasteiger partial charge in [-0.05, 0) is 13.0 Å². The first-order valence-corrected chi connectivity index (χ1v) is 5.87. The first-order chi connectivity index (χ1) is 9.18. The van der Waals surface area contributed by atoms with Gasteiger partial charge in [0, 0.05) is 11.3 Å². The zero-order valence-corrected chi connectivity index (χ0v) is 10.4. The molecule has 2 aromatic heterocycles. The topological polar surface area (TPSA) is 73.3 Å². The molecule has 3 aromatic rings.